The maximum Gasteiger partial charge on any atom is 0.257 e. The molecule has 1 amide bonds. The number of likely N-dealkylation sites (tertiary alicyclic amines) is 1. The second-order valence-electron chi connectivity index (χ2n) is 10.3. The molecule has 0 aliphatic carbocycles. The monoisotopic (exact) mass is 577 g/mol. The summed E-state index contributed by atoms with van der Waals surface area (Å²) in [6.45, 7) is 16.5. The molecule has 2 N–H and O–H groups in total. The molecule has 1 atom stereocenters. The molecule has 1 aromatic heterocycles. The van der Waals surface area contributed by atoms with Gasteiger partial charge in [-0.3, -0.25) is 19.1 Å². The summed E-state index contributed by atoms with van der Waals surface area (Å²) >= 11 is 0. The number of nitrogens with one attached hydrogen (secondary N) is 2. The number of amides is 1. The summed E-state index contributed by atoms with van der Waals surface area (Å²) in [6, 6.07) is 11.9. The Labute approximate surface area is 255 Å². The van der Waals surface area contributed by atoms with Crippen molar-refractivity contribution in [1.82, 2.24) is 19.7 Å². The fourth-order valence-corrected chi connectivity index (χ4v) is 5.00. The van der Waals surface area contributed by atoms with Crippen LogP contribution < -0.4 is 16.2 Å². The number of rotatable bonds is 9. The molecule has 1 aromatic carbocycles. The van der Waals surface area contributed by atoms with Gasteiger partial charge in [-0.05, 0) is 94.2 Å². The highest BCUT2D eigenvalue weighted by molar-refractivity contribution is 5.93. The van der Waals surface area contributed by atoms with Gasteiger partial charge in [0.15, 0.2) is 0 Å². The Morgan fingerprint density at radius 3 is 2.10 bits per heavy atom. The predicted molar refractivity (Wildman–Crippen MR) is 181 cm³/mol. The Balaban J connectivity index is 0.00000211. The van der Waals surface area contributed by atoms with E-state index in [4.69, 9.17) is 0 Å². The minimum atomic E-state index is -0.0766. The van der Waals surface area contributed by atoms with Crippen molar-refractivity contribution < 1.29 is 4.79 Å². The van der Waals surface area contributed by atoms with Crippen LogP contribution in [0.3, 0.4) is 0 Å². The minimum Gasteiger partial charge on any atom is -0.394 e. The lowest BCUT2D eigenvalue weighted by molar-refractivity contribution is 0.0827. The van der Waals surface area contributed by atoms with Crippen LogP contribution in [0.25, 0.3) is 5.70 Å². The highest BCUT2D eigenvalue weighted by Gasteiger charge is 2.24. The number of hydrogen-bond donors (Lipinski definition) is 2. The minimum absolute atomic E-state index is 0.0382. The van der Waals surface area contributed by atoms with Crippen molar-refractivity contribution in [2.75, 3.05) is 46.6 Å². The summed E-state index contributed by atoms with van der Waals surface area (Å²) < 4.78 is 1.68. The van der Waals surface area contributed by atoms with Gasteiger partial charge >= 0.3 is 0 Å². The van der Waals surface area contributed by atoms with Crippen LogP contribution in [0.15, 0.2) is 76.9 Å². The molecule has 3 rings (SSSR count). The third-order valence-electron chi connectivity index (χ3n) is 7.50. The number of benzene rings is 1. The van der Waals surface area contributed by atoms with Crippen molar-refractivity contribution in [3.05, 3.63) is 93.6 Å². The van der Waals surface area contributed by atoms with Gasteiger partial charge in [-0.25, -0.2) is 0 Å². The molecule has 42 heavy (non-hydrogen) atoms. The number of pyridine rings is 1. The highest BCUT2D eigenvalue weighted by atomic mass is 16.2. The van der Waals surface area contributed by atoms with E-state index in [1.165, 1.54) is 11.1 Å². The molecule has 0 bridgehead atoms. The van der Waals surface area contributed by atoms with Crippen molar-refractivity contribution in [2.24, 2.45) is 0 Å². The average Bonchev–Trinajstić information content (AvgIpc) is 3.03. The van der Waals surface area contributed by atoms with Gasteiger partial charge in [0.05, 0.1) is 5.70 Å². The van der Waals surface area contributed by atoms with Gasteiger partial charge in [-0.15, -0.1) is 0 Å². The third kappa shape index (κ3) is 10.1. The highest BCUT2D eigenvalue weighted by Crippen LogP contribution is 2.30. The zero-order valence-corrected chi connectivity index (χ0v) is 27.9. The van der Waals surface area contributed by atoms with Crippen molar-refractivity contribution >= 4 is 17.3 Å². The zero-order chi connectivity index (χ0) is 31.8. The SMILES string of the molecule is CC.CC.CN\C=C/C(=C(C)/C=C(\C)C(C)N1CCC(c2ccc(C(=O)N(C)C)cc2)CC1)n1ccc(NC)cc1=O. The summed E-state index contributed by atoms with van der Waals surface area (Å²) in [5, 5.41) is 6.06. The Morgan fingerprint density at radius 2 is 1.60 bits per heavy atom. The molecular weight excluding hydrogens is 522 g/mol. The number of anilines is 1. The standard InChI is InChI=1S/C31H43N5O2.2C2H6/c1-22(20-23(2)29(12-16-32-4)36-19-15-28(33-5)21-30(36)37)24(3)35-17-13-26(14-18-35)25-8-10-27(11-9-25)31(38)34(6)7;2*1-2/h8-12,15-16,19-21,24,26,32-33H,13-14,17-18H2,1-7H3;2*1-2H3/b16-12-,22-20+,29-23-;;. The molecule has 2 heterocycles. The number of allylic oxidation sites excluding steroid dienone is 4. The summed E-state index contributed by atoms with van der Waals surface area (Å²) in [4.78, 5) is 29.1. The van der Waals surface area contributed by atoms with Crippen molar-refractivity contribution in [2.45, 2.75) is 73.3 Å². The van der Waals surface area contributed by atoms with Crippen LogP contribution in [0.1, 0.15) is 83.1 Å². The van der Waals surface area contributed by atoms with Gasteiger partial charge in [0.2, 0.25) is 0 Å². The topological polar surface area (TPSA) is 69.6 Å². The summed E-state index contributed by atoms with van der Waals surface area (Å²) in [5.74, 6) is 0.551. The van der Waals surface area contributed by atoms with Gasteiger partial charge in [-0.1, -0.05) is 51.5 Å². The third-order valence-corrected chi connectivity index (χ3v) is 7.50. The van der Waals surface area contributed by atoms with E-state index in [1.54, 1.807) is 29.6 Å². The Hall–Kier alpha value is -3.58. The van der Waals surface area contributed by atoms with E-state index in [-0.39, 0.29) is 11.5 Å². The first kappa shape index (κ1) is 36.4. The van der Waals surface area contributed by atoms with Crippen LogP contribution in [0.4, 0.5) is 5.69 Å². The lowest BCUT2D eigenvalue weighted by atomic mass is 9.88. The normalized spacial score (nSPS) is 15.5. The molecule has 232 valence electrons. The van der Waals surface area contributed by atoms with Crippen LogP contribution >= 0.6 is 0 Å². The molecule has 0 saturated carbocycles. The number of aromatic nitrogens is 1. The zero-order valence-electron chi connectivity index (χ0n) is 27.9. The van der Waals surface area contributed by atoms with E-state index in [1.807, 2.05) is 78.5 Å². The summed E-state index contributed by atoms with van der Waals surface area (Å²) in [7, 11) is 7.22. The van der Waals surface area contributed by atoms with Crippen molar-refractivity contribution in [3.8, 4) is 0 Å². The number of hydrogen-bond acceptors (Lipinski definition) is 5. The fraction of sp³-hybridized carbons (Fsp3) is 0.486. The maximum absolute atomic E-state index is 12.8. The molecule has 7 nitrogen and oxygen atoms in total. The van der Waals surface area contributed by atoms with Crippen molar-refractivity contribution in [1.29, 1.82) is 0 Å². The second kappa shape index (κ2) is 18.8. The summed E-state index contributed by atoms with van der Waals surface area (Å²) in [6.07, 6.45) is 9.98. The molecule has 1 aliphatic heterocycles. The Kier molecular flexibility index (Phi) is 16.3. The van der Waals surface area contributed by atoms with Crippen LogP contribution in [0.2, 0.25) is 0 Å². The number of carbonyl (C=O) groups is 1. The number of carbonyl (C=O) groups excluding carboxylic acids is 1. The molecular formula is C35H55N5O2. The van der Waals surface area contributed by atoms with Crippen molar-refractivity contribution in [3.63, 3.8) is 0 Å². The molecule has 2 aromatic rings. The van der Waals surface area contributed by atoms with E-state index in [2.05, 4.69) is 54.5 Å². The molecule has 1 aliphatic rings. The van der Waals surface area contributed by atoms with Gasteiger partial charge in [0.25, 0.3) is 11.5 Å². The van der Waals surface area contributed by atoms with Gasteiger partial charge < -0.3 is 15.5 Å². The number of nitrogens with zero attached hydrogens (tertiary/aromatic N) is 3. The Morgan fingerprint density at radius 1 is 1.00 bits per heavy atom. The summed E-state index contributed by atoms with van der Waals surface area (Å²) in [5.41, 5.74) is 5.90. The lowest BCUT2D eigenvalue weighted by Gasteiger charge is -2.37. The maximum atomic E-state index is 12.8. The van der Waals surface area contributed by atoms with Crippen LogP contribution in [-0.2, 0) is 0 Å². The smallest absolute Gasteiger partial charge is 0.257 e. The quantitative estimate of drug-likeness (QED) is 0.320. The first-order valence-electron chi connectivity index (χ1n) is 15.4. The number of piperidine rings is 1. The van der Waals surface area contributed by atoms with E-state index in [0.717, 1.165) is 48.5 Å². The van der Waals surface area contributed by atoms with E-state index in [0.29, 0.717) is 12.0 Å². The van der Waals surface area contributed by atoms with Crippen LogP contribution in [0.5, 0.6) is 0 Å². The first-order valence-corrected chi connectivity index (χ1v) is 15.4. The van der Waals surface area contributed by atoms with Gasteiger partial charge in [0, 0.05) is 57.7 Å². The van der Waals surface area contributed by atoms with Crippen LogP contribution in [-0.4, -0.2) is 67.6 Å². The average molecular weight is 578 g/mol. The fourth-order valence-electron chi connectivity index (χ4n) is 5.00. The van der Waals surface area contributed by atoms with E-state index >= 15 is 0 Å². The molecule has 1 saturated heterocycles. The predicted octanol–water partition coefficient (Wildman–Crippen LogP) is 6.82. The van der Waals surface area contributed by atoms with E-state index in [9.17, 15) is 9.59 Å². The molecule has 1 fully saturated rings. The largest absolute Gasteiger partial charge is 0.394 e. The lowest BCUT2D eigenvalue weighted by Crippen LogP contribution is -2.40. The molecule has 0 radical (unpaired) electrons. The van der Waals surface area contributed by atoms with Crippen LogP contribution in [0, 0.1) is 0 Å². The Bertz CT molecular complexity index is 1250. The molecule has 1 unspecified atom stereocenters. The molecule has 0 spiro atoms. The first-order chi connectivity index (χ1) is 20.2. The second-order valence-corrected chi connectivity index (χ2v) is 10.3. The van der Waals surface area contributed by atoms with Gasteiger partial charge in [-0.2, -0.15) is 0 Å². The van der Waals surface area contributed by atoms with Gasteiger partial charge in [0.1, 0.15) is 0 Å². The molecule has 7 heteroatoms. The van der Waals surface area contributed by atoms with E-state index < -0.39 is 0 Å².